The molecule has 0 saturated heterocycles. The van der Waals surface area contributed by atoms with Gasteiger partial charge in [-0.2, -0.15) is 5.10 Å². The van der Waals surface area contributed by atoms with Crippen LogP contribution in [0.1, 0.15) is 26.5 Å². The van der Waals surface area contributed by atoms with Crippen molar-refractivity contribution >= 4 is 16.7 Å². The van der Waals surface area contributed by atoms with Crippen LogP contribution in [0.3, 0.4) is 0 Å². The van der Waals surface area contributed by atoms with Crippen LogP contribution in [-0.2, 0) is 5.41 Å². The summed E-state index contributed by atoms with van der Waals surface area (Å²) in [6.45, 7) is 6.26. The van der Waals surface area contributed by atoms with Gasteiger partial charge >= 0.3 is 0 Å². The van der Waals surface area contributed by atoms with Crippen molar-refractivity contribution in [1.82, 2.24) is 14.8 Å². The lowest BCUT2D eigenvalue weighted by Crippen LogP contribution is -2.13. The number of nitro groups is 1. The third kappa shape index (κ3) is 2.32. The number of benzene rings is 1. The fraction of sp³-hybridized carbons (Fsp3) is 0.250. The molecule has 0 atom stereocenters. The van der Waals surface area contributed by atoms with E-state index in [0.29, 0.717) is 0 Å². The van der Waals surface area contributed by atoms with Crippen LogP contribution in [0.4, 0.5) is 5.69 Å². The molecular formula is C16H16N4O2. The lowest BCUT2D eigenvalue weighted by Gasteiger charge is -2.14. The summed E-state index contributed by atoms with van der Waals surface area (Å²) < 4.78 is 1.78. The van der Waals surface area contributed by atoms with Crippen molar-refractivity contribution in [2.45, 2.75) is 26.2 Å². The summed E-state index contributed by atoms with van der Waals surface area (Å²) in [7, 11) is 0. The number of nitro benzene ring substituents is 1. The van der Waals surface area contributed by atoms with Crippen LogP contribution < -0.4 is 0 Å². The van der Waals surface area contributed by atoms with Crippen LogP contribution in [0.5, 0.6) is 0 Å². The van der Waals surface area contributed by atoms with Crippen molar-refractivity contribution in [2.24, 2.45) is 0 Å². The van der Waals surface area contributed by atoms with E-state index in [4.69, 9.17) is 0 Å². The highest BCUT2D eigenvalue weighted by Crippen LogP contribution is 2.29. The van der Waals surface area contributed by atoms with E-state index in [1.165, 1.54) is 12.1 Å². The second-order valence-electron chi connectivity index (χ2n) is 6.16. The molecule has 22 heavy (non-hydrogen) atoms. The second-order valence-corrected chi connectivity index (χ2v) is 6.16. The molecule has 112 valence electrons. The summed E-state index contributed by atoms with van der Waals surface area (Å²) in [6, 6.07) is 10.2. The molecular weight excluding hydrogens is 280 g/mol. The normalized spacial score (nSPS) is 11.8. The summed E-state index contributed by atoms with van der Waals surface area (Å²) in [5.41, 5.74) is 3.35. The maximum Gasteiger partial charge on any atom is 0.269 e. The third-order valence-electron chi connectivity index (χ3n) is 3.45. The van der Waals surface area contributed by atoms with Gasteiger partial charge in [0.05, 0.1) is 21.8 Å². The van der Waals surface area contributed by atoms with Crippen molar-refractivity contribution in [3.8, 4) is 5.69 Å². The summed E-state index contributed by atoms with van der Waals surface area (Å²) in [5, 5.41) is 15.5. The zero-order valence-corrected chi connectivity index (χ0v) is 12.6. The van der Waals surface area contributed by atoms with Crippen molar-refractivity contribution in [3.63, 3.8) is 0 Å². The minimum Gasteiger partial charge on any atom is -0.258 e. The summed E-state index contributed by atoms with van der Waals surface area (Å²) >= 11 is 0. The molecule has 0 aliphatic rings. The molecule has 6 heteroatoms. The van der Waals surface area contributed by atoms with E-state index in [9.17, 15) is 10.1 Å². The third-order valence-corrected chi connectivity index (χ3v) is 3.45. The largest absolute Gasteiger partial charge is 0.269 e. The Morgan fingerprint density at radius 3 is 2.41 bits per heavy atom. The van der Waals surface area contributed by atoms with E-state index in [1.807, 2.05) is 12.1 Å². The molecule has 3 rings (SSSR count). The van der Waals surface area contributed by atoms with E-state index in [-0.39, 0.29) is 11.1 Å². The first-order valence-corrected chi connectivity index (χ1v) is 6.97. The van der Waals surface area contributed by atoms with Crippen LogP contribution in [0.2, 0.25) is 0 Å². The predicted molar refractivity (Wildman–Crippen MR) is 84.2 cm³/mol. The number of rotatable bonds is 2. The Morgan fingerprint density at radius 2 is 1.82 bits per heavy atom. The van der Waals surface area contributed by atoms with Gasteiger partial charge in [0.2, 0.25) is 0 Å². The average Bonchev–Trinajstić information content (AvgIpc) is 2.87. The first kappa shape index (κ1) is 14.2. The molecule has 3 aromatic rings. The Labute approximate surface area is 127 Å². The van der Waals surface area contributed by atoms with Crippen molar-refractivity contribution in [2.75, 3.05) is 0 Å². The molecule has 1 aromatic carbocycles. The fourth-order valence-electron chi connectivity index (χ4n) is 2.37. The molecule has 0 unspecified atom stereocenters. The quantitative estimate of drug-likeness (QED) is 0.534. The van der Waals surface area contributed by atoms with Gasteiger partial charge in [0, 0.05) is 23.7 Å². The molecule has 0 saturated carbocycles. The van der Waals surface area contributed by atoms with Crippen LogP contribution in [0.15, 0.2) is 42.6 Å². The number of hydrogen-bond acceptors (Lipinski definition) is 4. The van der Waals surface area contributed by atoms with Gasteiger partial charge in [-0.1, -0.05) is 20.8 Å². The molecule has 2 aromatic heterocycles. The Balaban J connectivity index is 2.21. The molecule has 0 radical (unpaired) electrons. The first-order valence-electron chi connectivity index (χ1n) is 6.97. The highest BCUT2D eigenvalue weighted by atomic mass is 16.6. The molecule has 0 aliphatic heterocycles. The van der Waals surface area contributed by atoms with Crippen LogP contribution >= 0.6 is 0 Å². The van der Waals surface area contributed by atoms with E-state index < -0.39 is 4.92 Å². The van der Waals surface area contributed by atoms with E-state index >= 15 is 0 Å². The van der Waals surface area contributed by atoms with Gasteiger partial charge in [-0.15, -0.1) is 0 Å². The number of non-ortho nitro benzene ring substituents is 1. The highest BCUT2D eigenvalue weighted by Gasteiger charge is 2.23. The predicted octanol–water partition coefficient (Wildman–Crippen LogP) is 3.63. The molecule has 0 amide bonds. The van der Waals surface area contributed by atoms with Gasteiger partial charge in [-0.05, 0) is 24.3 Å². The Kier molecular flexibility index (Phi) is 3.16. The first-order chi connectivity index (χ1) is 10.4. The Bertz CT molecular complexity index is 845. The summed E-state index contributed by atoms with van der Waals surface area (Å²) in [5.74, 6) is 0. The molecule has 0 fully saturated rings. The maximum absolute atomic E-state index is 10.8. The van der Waals surface area contributed by atoms with Crippen molar-refractivity contribution in [1.29, 1.82) is 0 Å². The number of hydrogen-bond donors (Lipinski definition) is 0. The van der Waals surface area contributed by atoms with Gasteiger partial charge in [0.15, 0.2) is 0 Å². The number of aromatic nitrogens is 3. The summed E-state index contributed by atoms with van der Waals surface area (Å²) in [6.07, 6.45) is 1.75. The van der Waals surface area contributed by atoms with Gasteiger partial charge < -0.3 is 0 Å². The van der Waals surface area contributed by atoms with E-state index in [2.05, 4.69) is 30.9 Å². The van der Waals surface area contributed by atoms with Crippen LogP contribution in [0, 0.1) is 10.1 Å². The molecule has 0 aliphatic carbocycles. The SMILES string of the molecule is CC(C)(C)c1nn(-c2ccc([N+](=O)[O-])cc2)c2cccnc12. The fourth-order valence-corrected chi connectivity index (χ4v) is 2.37. The zero-order valence-electron chi connectivity index (χ0n) is 12.6. The minimum absolute atomic E-state index is 0.0642. The van der Waals surface area contributed by atoms with E-state index in [0.717, 1.165) is 22.4 Å². The standard InChI is InChI=1S/C16H16N4O2/c1-16(2,3)15-14-13(5-4-10-17-14)19(18-15)11-6-8-12(9-7-11)20(21)22/h4-10H,1-3H3. The zero-order chi connectivity index (χ0) is 15.9. The topological polar surface area (TPSA) is 73.8 Å². The minimum atomic E-state index is -0.410. The van der Waals surface area contributed by atoms with Gasteiger partial charge in [0.1, 0.15) is 5.52 Å². The Morgan fingerprint density at radius 1 is 1.14 bits per heavy atom. The smallest absolute Gasteiger partial charge is 0.258 e. The number of fused-ring (bicyclic) bond motifs is 1. The molecule has 0 bridgehead atoms. The van der Waals surface area contributed by atoms with Crippen molar-refractivity contribution < 1.29 is 4.92 Å². The Hall–Kier alpha value is -2.76. The second kappa shape index (κ2) is 4.91. The maximum atomic E-state index is 10.8. The van der Waals surface area contributed by atoms with Crippen LogP contribution in [0.25, 0.3) is 16.7 Å². The number of nitrogens with zero attached hydrogens (tertiary/aromatic N) is 4. The van der Waals surface area contributed by atoms with Gasteiger partial charge in [-0.25, -0.2) is 4.68 Å². The lowest BCUT2D eigenvalue weighted by molar-refractivity contribution is -0.384. The monoisotopic (exact) mass is 296 g/mol. The molecule has 6 nitrogen and oxygen atoms in total. The lowest BCUT2D eigenvalue weighted by atomic mass is 9.91. The molecule has 0 spiro atoms. The molecule has 0 N–H and O–H groups in total. The van der Waals surface area contributed by atoms with Gasteiger partial charge in [-0.3, -0.25) is 15.1 Å². The summed E-state index contributed by atoms with van der Waals surface area (Å²) in [4.78, 5) is 14.8. The van der Waals surface area contributed by atoms with Gasteiger partial charge in [0.25, 0.3) is 5.69 Å². The van der Waals surface area contributed by atoms with Crippen molar-refractivity contribution in [3.05, 3.63) is 58.4 Å². The van der Waals surface area contributed by atoms with Crippen LogP contribution in [-0.4, -0.2) is 19.7 Å². The van der Waals surface area contributed by atoms with E-state index in [1.54, 1.807) is 23.0 Å². The average molecular weight is 296 g/mol. The molecule has 2 heterocycles. The highest BCUT2D eigenvalue weighted by molar-refractivity contribution is 5.80. The number of pyridine rings is 1.